The summed E-state index contributed by atoms with van der Waals surface area (Å²) in [5.74, 6) is 0.806. The van der Waals surface area contributed by atoms with Crippen molar-refractivity contribution in [2.24, 2.45) is 4.99 Å². The van der Waals surface area contributed by atoms with E-state index in [1.54, 1.807) is 37.4 Å². The monoisotopic (exact) mass is 401 g/mol. The largest absolute Gasteiger partial charge is 0.356 e. The molecule has 0 saturated heterocycles. The third-order valence-electron chi connectivity index (χ3n) is 4.41. The molecular weight excluding hydrogens is 370 g/mol. The van der Waals surface area contributed by atoms with Crippen LogP contribution in [0.5, 0.6) is 0 Å². The van der Waals surface area contributed by atoms with Crippen molar-refractivity contribution in [1.29, 1.82) is 0 Å². The molecule has 0 atom stereocenters. The van der Waals surface area contributed by atoms with Crippen LogP contribution >= 0.6 is 11.3 Å². The molecule has 1 aromatic carbocycles. The van der Waals surface area contributed by atoms with E-state index in [4.69, 9.17) is 0 Å². The molecule has 0 bridgehead atoms. The maximum atomic E-state index is 12.1. The molecule has 0 aliphatic carbocycles. The summed E-state index contributed by atoms with van der Waals surface area (Å²) >= 11 is 1.78. The van der Waals surface area contributed by atoms with Crippen molar-refractivity contribution in [3.05, 3.63) is 51.0 Å². The number of carbonyl (C=O) groups is 1. The van der Waals surface area contributed by atoms with Crippen LogP contribution < -0.4 is 10.6 Å². The van der Waals surface area contributed by atoms with Gasteiger partial charge in [-0.05, 0) is 37.5 Å². The molecule has 1 heterocycles. The molecule has 2 N–H and O–H groups in total. The lowest BCUT2D eigenvalue weighted by molar-refractivity contribution is 0.0827. The van der Waals surface area contributed by atoms with Crippen LogP contribution in [-0.2, 0) is 19.3 Å². The molecule has 6 nitrogen and oxygen atoms in total. The van der Waals surface area contributed by atoms with Gasteiger partial charge in [0.15, 0.2) is 5.96 Å². The SMILES string of the molecule is CCc1nc(CCNC(=NC)NCCc2cccc(C(=O)N(C)C)c2)sc1C. The minimum absolute atomic E-state index is 0.0240. The number of nitrogens with zero attached hydrogens (tertiary/aromatic N) is 3. The fourth-order valence-electron chi connectivity index (χ4n) is 2.87. The molecule has 0 fully saturated rings. The van der Waals surface area contributed by atoms with Crippen molar-refractivity contribution in [2.45, 2.75) is 33.1 Å². The number of thiazole rings is 1. The topological polar surface area (TPSA) is 69.6 Å². The van der Waals surface area contributed by atoms with E-state index >= 15 is 0 Å². The number of rotatable bonds is 8. The van der Waals surface area contributed by atoms with E-state index in [0.29, 0.717) is 0 Å². The Morgan fingerprint density at radius 2 is 1.93 bits per heavy atom. The Hall–Kier alpha value is -2.41. The van der Waals surface area contributed by atoms with Gasteiger partial charge in [0.25, 0.3) is 5.91 Å². The number of guanidine groups is 1. The van der Waals surface area contributed by atoms with E-state index in [0.717, 1.165) is 49.4 Å². The molecule has 2 rings (SSSR count). The quantitative estimate of drug-likeness (QED) is 0.527. The number of nitrogens with one attached hydrogen (secondary N) is 2. The van der Waals surface area contributed by atoms with E-state index in [2.05, 4.69) is 34.5 Å². The fraction of sp³-hybridized carbons (Fsp3) is 0.476. The first kappa shape index (κ1) is 21.9. The highest BCUT2D eigenvalue weighted by Gasteiger charge is 2.08. The van der Waals surface area contributed by atoms with E-state index in [1.807, 2.05) is 24.3 Å². The number of aryl methyl sites for hydroxylation is 2. The summed E-state index contributed by atoms with van der Waals surface area (Å²) in [6.45, 7) is 5.81. The molecule has 2 aromatic rings. The average Bonchev–Trinajstić information content (AvgIpc) is 3.05. The first-order chi connectivity index (χ1) is 13.4. The predicted molar refractivity (Wildman–Crippen MR) is 117 cm³/mol. The zero-order valence-corrected chi connectivity index (χ0v) is 18.3. The smallest absolute Gasteiger partial charge is 0.253 e. The third-order valence-corrected chi connectivity index (χ3v) is 5.49. The van der Waals surface area contributed by atoms with Gasteiger partial charge in [-0.1, -0.05) is 19.1 Å². The van der Waals surface area contributed by atoms with Crippen molar-refractivity contribution in [3.63, 3.8) is 0 Å². The molecule has 28 heavy (non-hydrogen) atoms. The first-order valence-electron chi connectivity index (χ1n) is 9.64. The molecule has 1 amide bonds. The number of amides is 1. The van der Waals surface area contributed by atoms with Gasteiger partial charge in [-0.2, -0.15) is 0 Å². The number of aliphatic imine (C=N–C) groups is 1. The van der Waals surface area contributed by atoms with Crippen molar-refractivity contribution >= 4 is 23.2 Å². The van der Waals surface area contributed by atoms with Crippen LogP contribution in [0.3, 0.4) is 0 Å². The summed E-state index contributed by atoms with van der Waals surface area (Å²) < 4.78 is 0. The van der Waals surface area contributed by atoms with Crippen LogP contribution in [0.2, 0.25) is 0 Å². The minimum atomic E-state index is 0.0240. The van der Waals surface area contributed by atoms with Crippen LogP contribution in [0.25, 0.3) is 0 Å². The third kappa shape index (κ3) is 6.34. The number of carbonyl (C=O) groups excluding carboxylic acids is 1. The van der Waals surface area contributed by atoms with Crippen LogP contribution in [0.15, 0.2) is 29.3 Å². The van der Waals surface area contributed by atoms with Gasteiger partial charge in [0.1, 0.15) is 0 Å². The first-order valence-corrected chi connectivity index (χ1v) is 10.5. The maximum absolute atomic E-state index is 12.1. The molecular formula is C21H31N5OS. The number of hydrogen-bond acceptors (Lipinski definition) is 4. The van der Waals surface area contributed by atoms with Crippen molar-refractivity contribution in [1.82, 2.24) is 20.5 Å². The molecule has 0 aliphatic rings. The highest BCUT2D eigenvalue weighted by Crippen LogP contribution is 2.17. The summed E-state index contributed by atoms with van der Waals surface area (Å²) in [6, 6.07) is 7.78. The minimum Gasteiger partial charge on any atom is -0.356 e. The van der Waals surface area contributed by atoms with Gasteiger partial charge >= 0.3 is 0 Å². The Morgan fingerprint density at radius 1 is 1.21 bits per heavy atom. The van der Waals surface area contributed by atoms with Crippen molar-refractivity contribution < 1.29 is 4.79 Å². The second-order valence-corrected chi connectivity index (χ2v) is 8.08. The van der Waals surface area contributed by atoms with Crippen LogP contribution in [0.4, 0.5) is 0 Å². The summed E-state index contributed by atoms with van der Waals surface area (Å²) in [7, 11) is 5.30. The van der Waals surface area contributed by atoms with E-state index in [9.17, 15) is 4.79 Å². The lowest BCUT2D eigenvalue weighted by Gasteiger charge is -2.13. The number of aromatic nitrogens is 1. The molecule has 0 unspecified atom stereocenters. The predicted octanol–water partition coefficient (Wildman–Crippen LogP) is 2.67. The molecule has 1 aromatic heterocycles. The van der Waals surface area contributed by atoms with Crippen molar-refractivity contribution in [3.8, 4) is 0 Å². The summed E-state index contributed by atoms with van der Waals surface area (Å²) in [5.41, 5.74) is 3.05. The Bertz CT molecular complexity index is 813. The van der Waals surface area contributed by atoms with E-state index < -0.39 is 0 Å². The molecule has 152 valence electrons. The molecule has 0 saturated carbocycles. The lowest BCUT2D eigenvalue weighted by atomic mass is 10.1. The summed E-state index contributed by atoms with van der Waals surface area (Å²) in [6.07, 6.45) is 2.70. The standard InChI is InChI=1S/C21H31N5OS/c1-6-18-15(2)28-19(25-18)11-13-24-21(22-3)23-12-10-16-8-7-9-17(14-16)20(27)26(4)5/h7-9,14H,6,10-13H2,1-5H3,(H2,22,23,24). The number of hydrogen-bond donors (Lipinski definition) is 2. The average molecular weight is 402 g/mol. The van der Waals surface area contributed by atoms with Crippen LogP contribution in [0.1, 0.15) is 38.4 Å². The van der Waals surface area contributed by atoms with Gasteiger partial charge in [-0.3, -0.25) is 9.79 Å². The maximum Gasteiger partial charge on any atom is 0.253 e. The molecule has 0 radical (unpaired) electrons. The lowest BCUT2D eigenvalue weighted by Crippen LogP contribution is -2.39. The van der Waals surface area contributed by atoms with Gasteiger partial charge in [0.2, 0.25) is 0 Å². The van der Waals surface area contributed by atoms with Crippen LogP contribution in [-0.4, -0.2) is 56.0 Å². The van der Waals surface area contributed by atoms with Gasteiger partial charge in [-0.25, -0.2) is 4.98 Å². The highest BCUT2D eigenvalue weighted by atomic mass is 32.1. The Kier molecular flexibility index (Phi) is 8.44. The second kappa shape index (κ2) is 10.8. The Labute approximate surface area is 172 Å². The summed E-state index contributed by atoms with van der Waals surface area (Å²) in [4.78, 5) is 23.9. The fourth-order valence-corrected chi connectivity index (χ4v) is 3.90. The van der Waals surface area contributed by atoms with Gasteiger partial charge in [0, 0.05) is 51.1 Å². The van der Waals surface area contributed by atoms with E-state index in [-0.39, 0.29) is 5.91 Å². The zero-order valence-electron chi connectivity index (χ0n) is 17.5. The normalized spacial score (nSPS) is 11.4. The van der Waals surface area contributed by atoms with E-state index in [1.165, 1.54) is 15.6 Å². The van der Waals surface area contributed by atoms with Gasteiger partial charge in [-0.15, -0.1) is 11.3 Å². The number of benzene rings is 1. The zero-order chi connectivity index (χ0) is 20.5. The summed E-state index contributed by atoms with van der Waals surface area (Å²) in [5, 5.41) is 7.84. The molecule has 7 heteroatoms. The van der Waals surface area contributed by atoms with Crippen LogP contribution in [0, 0.1) is 6.92 Å². The Balaban J connectivity index is 1.78. The van der Waals surface area contributed by atoms with Gasteiger partial charge < -0.3 is 15.5 Å². The Morgan fingerprint density at radius 3 is 2.54 bits per heavy atom. The molecule has 0 aliphatic heterocycles. The molecule has 0 spiro atoms. The highest BCUT2D eigenvalue weighted by molar-refractivity contribution is 7.11. The second-order valence-electron chi connectivity index (χ2n) is 6.79. The van der Waals surface area contributed by atoms with Gasteiger partial charge in [0.05, 0.1) is 10.7 Å². The van der Waals surface area contributed by atoms with Crippen molar-refractivity contribution in [2.75, 3.05) is 34.2 Å².